The van der Waals surface area contributed by atoms with Crippen molar-refractivity contribution in [2.75, 3.05) is 5.73 Å². The van der Waals surface area contributed by atoms with Gasteiger partial charge in [-0.3, -0.25) is 4.79 Å². The van der Waals surface area contributed by atoms with Crippen molar-refractivity contribution in [3.8, 4) is 0 Å². The van der Waals surface area contributed by atoms with Gasteiger partial charge in [0.2, 0.25) is 0 Å². The summed E-state index contributed by atoms with van der Waals surface area (Å²) in [4.78, 5) is 12.1. The standard InChI is InChI=1S/C13H17ClN2O2/c14-12-10(2-1-3-11(12)15)13(18)16-8-4-6-9(17)7-5-8/h1-3,8-9,17H,4-7,15H2,(H,16,18). The van der Waals surface area contributed by atoms with E-state index in [0.29, 0.717) is 16.3 Å². The fourth-order valence-electron chi connectivity index (χ4n) is 2.21. The third kappa shape index (κ3) is 2.94. The molecule has 0 spiro atoms. The number of carbonyl (C=O) groups excluding carboxylic acids is 1. The van der Waals surface area contributed by atoms with E-state index >= 15 is 0 Å². The van der Waals surface area contributed by atoms with Crippen LogP contribution < -0.4 is 11.1 Å². The minimum atomic E-state index is -0.228. The summed E-state index contributed by atoms with van der Waals surface area (Å²) < 4.78 is 0. The van der Waals surface area contributed by atoms with Crippen LogP contribution in [0.2, 0.25) is 5.02 Å². The van der Waals surface area contributed by atoms with Crippen molar-refractivity contribution in [2.24, 2.45) is 0 Å². The molecule has 0 radical (unpaired) electrons. The SMILES string of the molecule is Nc1cccc(C(=O)NC2CCC(O)CC2)c1Cl. The van der Waals surface area contributed by atoms with Crippen molar-refractivity contribution in [1.29, 1.82) is 0 Å². The number of nitrogen functional groups attached to an aromatic ring is 1. The first-order valence-electron chi connectivity index (χ1n) is 6.11. The Kier molecular flexibility index (Phi) is 4.09. The van der Waals surface area contributed by atoms with E-state index < -0.39 is 0 Å². The summed E-state index contributed by atoms with van der Waals surface area (Å²) in [6.45, 7) is 0. The van der Waals surface area contributed by atoms with Crippen molar-refractivity contribution in [3.05, 3.63) is 28.8 Å². The van der Waals surface area contributed by atoms with Gasteiger partial charge in [-0.15, -0.1) is 0 Å². The highest BCUT2D eigenvalue weighted by Gasteiger charge is 2.22. The molecule has 4 N–H and O–H groups in total. The van der Waals surface area contributed by atoms with E-state index in [4.69, 9.17) is 17.3 Å². The fraction of sp³-hybridized carbons (Fsp3) is 0.462. The number of halogens is 1. The first-order valence-corrected chi connectivity index (χ1v) is 6.48. The molecule has 18 heavy (non-hydrogen) atoms. The molecule has 1 fully saturated rings. The monoisotopic (exact) mass is 268 g/mol. The number of anilines is 1. The van der Waals surface area contributed by atoms with Crippen LogP contribution >= 0.6 is 11.6 Å². The average molecular weight is 269 g/mol. The lowest BCUT2D eigenvalue weighted by Crippen LogP contribution is -2.38. The topological polar surface area (TPSA) is 75.4 Å². The van der Waals surface area contributed by atoms with Gasteiger partial charge in [-0.2, -0.15) is 0 Å². The van der Waals surface area contributed by atoms with E-state index in [2.05, 4.69) is 5.32 Å². The van der Waals surface area contributed by atoms with Gasteiger partial charge in [0.1, 0.15) is 0 Å². The average Bonchev–Trinajstić information content (AvgIpc) is 2.35. The Morgan fingerprint density at radius 1 is 1.33 bits per heavy atom. The largest absolute Gasteiger partial charge is 0.398 e. The van der Waals surface area contributed by atoms with Crippen molar-refractivity contribution in [2.45, 2.75) is 37.8 Å². The molecule has 1 amide bonds. The van der Waals surface area contributed by atoms with Crippen LogP contribution in [0.15, 0.2) is 18.2 Å². The maximum Gasteiger partial charge on any atom is 0.253 e. The van der Waals surface area contributed by atoms with Crippen LogP contribution in [0.25, 0.3) is 0 Å². The Morgan fingerprint density at radius 3 is 2.67 bits per heavy atom. The molecular weight excluding hydrogens is 252 g/mol. The maximum atomic E-state index is 12.1. The third-order valence-electron chi connectivity index (χ3n) is 3.31. The second-order valence-electron chi connectivity index (χ2n) is 4.69. The highest BCUT2D eigenvalue weighted by molar-refractivity contribution is 6.36. The van der Waals surface area contributed by atoms with Crippen LogP contribution in [-0.4, -0.2) is 23.2 Å². The number of hydrogen-bond donors (Lipinski definition) is 3. The molecule has 0 unspecified atom stereocenters. The van der Waals surface area contributed by atoms with Crippen LogP contribution in [0.5, 0.6) is 0 Å². The molecule has 98 valence electrons. The molecule has 1 aromatic carbocycles. The van der Waals surface area contributed by atoms with E-state index in [0.717, 1.165) is 25.7 Å². The molecular formula is C13H17ClN2O2. The summed E-state index contributed by atoms with van der Waals surface area (Å²) in [5, 5.41) is 12.6. The number of benzene rings is 1. The van der Waals surface area contributed by atoms with Crippen LogP contribution in [0.1, 0.15) is 36.0 Å². The highest BCUT2D eigenvalue weighted by Crippen LogP contribution is 2.24. The second-order valence-corrected chi connectivity index (χ2v) is 5.07. The zero-order chi connectivity index (χ0) is 13.1. The quantitative estimate of drug-likeness (QED) is 0.718. The number of aliphatic hydroxyl groups is 1. The number of hydrogen-bond acceptors (Lipinski definition) is 3. The Morgan fingerprint density at radius 2 is 2.00 bits per heavy atom. The molecule has 1 aliphatic carbocycles. The number of nitrogens with two attached hydrogens (primary N) is 1. The zero-order valence-electron chi connectivity index (χ0n) is 10.0. The smallest absolute Gasteiger partial charge is 0.253 e. The van der Waals surface area contributed by atoms with Gasteiger partial charge >= 0.3 is 0 Å². The fourth-order valence-corrected chi connectivity index (χ4v) is 2.42. The first-order chi connectivity index (χ1) is 8.58. The zero-order valence-corrected chi connectivity index (χ0v) is 10.8. The van der Waals surface area contributed by atoms with E-state index in [1.54, 1.807) is 18.2 Å². The lowest BCUT2D eigenvalue weighted by Gasteiger charge is -2.26. The number of aliphatic hydroxyl groups excluding tert-OH is 1. The van der Waals surface area contributed by atoms with E-state index in [1.807, 2.05) is 0 Å². The number of carbonyl (C=O) groups is 1. The van der Waals surface area contributed by atoms with Crippen LogP contribution in [0, 0.1) is 0 Å². The highest BCUT2D eigenvalue weighted by atomic mass is 35.5. The van der Waals surface area contributed by atoms with Gasteiger partial charge in [0.15, 0.2) is 0 Å². The molecule has 1 aliphatic rings. The molecule has 0 bridgehead atoms. The molecule has 0 aliphatic heterocycles. The number of nitrogens with one attached hydrogen (secondary N) is 1. The molecule has 0 aromatic heterocycles. The molecule has 5 heteroatoms. The molecule has 0 atom stereocenters. The summed E-state index contributed by atoms with van der Waals surface area (Å²) in [7, 11) is 0. The summed E-state index contributed by atoms with van der Waals surface area (Å²) in [6, 6.07) is 5.14. The van der Waals surface area contributed by atoms with E-state index in [1.165, 1.54) is 0 Å². The van der Waals surface area contributed by atoms with Crippen LogP contribution in [-0.2, 0) is 0 Å². The Hall–Kier alpha value is -1.26. The van der Waals surface area contributed by atoms with Crippen molar-refractivity contribution >= 4 is 23.2 Å². The lowest BCUT2D eigenvalue weighted by molar-refractivity contribution is 0.0868. The van der Waals surface area contributed by atoms with Gasteiger partial charge < -0.3 is 16.2 Å². The van der Waals surface area contributed by atoms with Gasteiger partial charge in [-0.25, -0.2) is 0 Å². The van der Waals surface area contributed by atoms with Crippen LogP contribution in [0.4, 0.5) is 5.69 Å². The molecule has 0 saturated heterocycles. The van der Waals surface area contributed by atoms with Gasteiger partial charge in [0, 0.05) is 6.04 Å². The van der Waals surface area contributed by atoms with Gasteiger partial charge in [-0.1, -0.05) is 17.7 Å². The third-order valence-corrected chi connectivity index (χ3v) is 3.73. The van der Waals surface area contributed by atoms with E-state index in [9.17, 15) is 9.90 Å². The normalized spacial score (nSPS) is 23.7. The second kappa shape index (κ2) is 5.59. The molecule has 2 rings (SSSR count). The molecule has 4 nitrogen and oxygen atoms in total. The predicted octanol–water partition coefficient (Wildman–Crippen LogP) is 1.96. The van der Waals surface area contributed by atoms with Crippen molar-refractivity contribution in [1.82, 2.24) is 5.32 Å². The van der Waals surface area contributed by atoms with Crippen molar-refractivity contribution < 1.29 is 9.90 Å². The van der Waals surface area contributed by atoms with Crippen molar-refractivity contribution in [3.63, 3.8) is 0 Å². The number of rotatable bonds is 2. The van der Waals surface area contributed by atoms with Gasteiger partial charge in [0.25, 0.3) is 5.91 Å². The molecule has 1 aromatic rings. The minimum Gasteiger partial charge on any atom is -0.398 e. The van der Waals surface area contributed by atoms with Gasteiger partial charge in [0.05, 0.1) is 22.4 Å². The summed E-state index contributed by atoms with van der Waals surface area (Å²) in [5.74, 6) is -0.200. The maximum absolute atomic E-state index is 12.1. The Labute approximate surface area is 111 Å². The summed E-state index contributed by atoms with van der Waals surface area (Å²) in [6.07, 6.45) is 2.83. The van der Waals surface area contributed by atoms with Crippen LogP contribution in [0.3, 0.4) is 0 Å². The molecule has 1 saturated carbocycles. The summed E-state index contributed by atoms with van der Waals surface area (Å²) in [5.41, 5.74) is 6.48. The summed E-state index contributed by atoms with van der Waals surface area (Å²) >= 11 is 6.00. The predicted molar refractivity (Wildman–Crippen MR) is 71.6 cm³/mol. The van der Waals surface area contributed by atoms with Gasteiger partial charge in [-0.05, 0) is 37.8 Å². The van der Waals surface area contributed by atoms with E-state index in [-0.39, 0.29) is 18.1 Å². The molecule has 0 heterocycles. The minimum absolute atomic E-state index is 0.110. The number of amides is 1. The lowest BCUT2D eigenvalue weighted by atomic mass is 9.93. The Balaban J connectivity index is 2.01. The first kappa shape index (κ1) is 13.2. The Bertz CT molecular complexity index is 443.